The molecule has 0 radical (unpaired) electrons. The van der Waals surface area contributed by atoms with Crippen LogP contribution in [0.2, 0.25) is 0 Å². The molecule has 0 unspecified atom stereocenters. The second-order valence-electron chi connectivity index (χ2n) is 3.61. The van der Waals surface area contributed by atoms with E-state index in [1.807, 2.05) is 0 Å². The summed E-state index contributed by atoms with van der Waals surface area (Å²) in [6.07, 6.45) is -5.25. The summed E-state index contributed by atoms with van der Waals surface area (Å²) in [4.78, 5) is 12.6. The number of halogens is 9. The van der Waals surface area contributed by atoms with Gasteiger partial charge < -0.3 is 9.84 Å². The fourth-order valence-electron chi connectivity index (χ4n) is 1.36. The minimum Gasteiger partial charge on any atom is -0.369 e. The van der Waals surface area contributed by atoms with Crippen LogP contribution in [0.3, 0.4) is 0 Å². The van der Waals surface area contributed by atoms with Crippen molar-refractivity contribution in [2.45, 2.75) is 29.9 Å². The van der Waals surface area contributed by atoms with Crippen molar-refractivity contribution in [3.8, 4) is 0 Å². The van der Waals surface area contributed by atoms with Gasteiger partial charge in [0.25, 0.3) is 5.91 Å². The van der Waals surface area contributed by atoms with Crippen LogP contribution in [-0.4, -0.2) is 45.9 Å². The van der Waals surface area contributed by atoms with Crippen molar-refractivity contribution in [3.05, 3.63) is 0 Å². The van der Waals surface area contributed by atoms with Gasteiger partial charge >= 0.3 is 0 Å². The van der Waals surface area contributed by atoms with Crippen LogP contribution >= 0.6 is 104 Å². The number of hydrogen-bond donors (Lipinski definition) is 1. The van der Waals surface area contributed by atoms with Crippen molar-refractivity contribution in [1.29, 1.82) is 0 Å². The normalized spacial score (nSPS) is 27.1. The zero-order valence-electron chi connectivity index (χ0n) is 8.84. The maximum atomic E-state index is 12.1. The van der Waals surface area contributed by atoms with E-state index in [-0.39, 0.29) is 0 Å². The number of aliphatic hydroxyl groups excluding tert-OH is 1. The molecule has 1 rings (SSSR count). The zero-order chi connectivity index (χ0) is 16.1. The lowest BCUT2D eigenvalue weighted by atomic mass is 10.3. The van der Waals surface area contributed by atoms with Crippen LogP contribution in [0.15, 0.2) is 0 Å². The Morgan fingerprint density at radius 1 is 1.00 bits per heavy atom. The number of hydrogen-bond acceptors (Lipinski definition) is 3. The standard InChI is InChI=1S/C7H4Cl9NO3/c8-5(9,10)1-2(18)17(3(19)6(11,12)13)4(20-1)7(14,15)16/h1,3-4,19H/t1-,3-,4+/m1/s1. The molecule has 1 saturated heterocycles. The van der Waals surface area contributed by atoms with Gasteiger partial charge in [-0.2, -0.15) is 0 Å². The molecule has 0 aliphatic carbocycles. The monoisotopic (exact) mass is 465 g/mol. The summed E-state index contributed by atoms with van der Waals surface area (Å²) in [7, 11) is 0. The number of ether oxygens (including phenoxy) is 1. The third-order valence-electron chi connectivity index (χ3n) is 2.13. The summed E-state index contributed by atoms with van der Waals surface area (Å²) in [5.74, 6) is -1.01. The molecule has 1 N–H and O–H groups in total. The van der Waals surface area contributed by atoms with Crippen molar-refractivity contribution < 1.29 is 14.6 Å². The van der Waals surface area contributed by atoms with E-state index in [1.54, 1.807) is 0 Å². The van der Waals surface area contributed by atoms with Crippen LogP contribution in [0.4, 0.5) is 0 Å². The molecule has 1 heterocycles. The molecule has 118 valence electrons. The summed E-state index contributed by atoms with van der Waals surface area (Å²) in [5, 5.41) is 9.90. The summed E-state index contributed by atoms with van der Waals surface area (Å²) in [6, 6.07) is 0. The number of carbonyl (C=O) groups is 1. The average molecular weight is 469 g/mol. The van der Waals surface area contributed by atoms with Gasteiger partial charge in [0, 0.05) is 0 Å². The molecule has 20 heavy (non-hydrogen) atoms. The second-order valence-corrected chi connectivity index (χ2v) is 10.7. The first-order valence-electron chi connectivity index (χ1n) is 4.53. The molecule has 0 spiro atoms. The van der Waals surface area contributed by atoms with Gasteiger partial charge in [-0.1, -0.05) is 104 Å². The Balaban J connectivity index is 3.20. The average Bonchev–Trinajstić information content (AvgIpc) is 2.51. The Morgan fingerprint density at radius 2 is 1.45 bits per heavy atom. The van der Waals surface area contributed by atoms with Crippen molar-refractivity contribution >= 4 is 110 Å². The summed E-state index contributed by atoms with van der Waals surface area (Å²) in [6.45, 7) is 0. The predicted molar refractivity (Wildman–Crippen MR) is 82.4 cm³/mol. The first-order valence-corrected chi connectivity index (χ1v) is 7.93. The van der Waals surface area contributed by atoms with Crippen molar-refractivity contribution in [2.24, 2.45) is 0 Å². The highest BCUT2D eigenvalue weighted by Gasteiger charge is 2.60. The topological polar surface area (TPSA) is 49.8 Å². The quantitative estimate of drug-likeness (QED) is 0.592. The molecule has 4 nitrogen and oxygen atoms in total. The second kappa shape index (κ2) is 6.48. The van der Waals surface area contributed by atoms with Gasteiger partial charge in [-0.3, -0.25) is 9.69 Å². The molecule has 1 aliphatic heterocycles. The van der Waals surface area contributed by atoms with Gasteiger partial charge in [-0.05, 0) is 0 Å². The fourth-order valence-corrected chi connectivity index (χ4v) is 2.58. The Bertz CT molecular complexity index is 386. The largest absolute Gasteiger partial charge is 0.369 e. The minimum atomic E-state index is -2.30. The van der Waals surface area contributed by atoms with E-state index in [2.05, 4.69) is 0 Å². The number of rotatable bonds is 1. The third-order valence-corrected chi connectivity index (χ3v) is 3.87. The van der Waals surface area contributed by atoms with Crippen LogP contribution in [0.1, 0.15) is 0 Å². The molecule has 1 amide bonds. The fraction of sp³-hybridized carbons (Fsp3) is 0.857. The van der Waals surface area contributed by atoms with Crippen molar-refractivity contribution in [1.82, 2.24) is 4.90 Å². The summed E-state index contributed by atoms with van der Waals surface area (Å²) in [5.41, 5.74) is 0. The molecule has 0 aromatic rings. The molecule has 0 bridgehead atoms. The molecule has 0 aromatic heterocycles. The molecule has 3 atom stereocenters. The number of aliphatic hydroxyl groups is 1. The number of amides is 1. The summed E-state index contributed by atoms with van der Waals surface area (Å²) >= 11 is 50.2. The van der Waals surface area contributed by atoms with Gasteiger partial charge in [0.05, 0.1) is 0 Å². The minimum absolute atomic E-state index is 0.493. The van der Waals surface area contributed by atoms with Gasteiger partial charge in [0.2, 0.25) is 11.4 Å². The van der Waals surface area contributed by atoms with Crippen LogP contribution in [0.5, 0.6) is 0 Å². The first-order chi connectivity index (χ1) is 8.67. The van der Waals surface area contributed by atoms with Gasteiger partial charge in [0.1, 0.15) is 0 Å². The molecule has 1 aliphatic rings. The Morgan fingerprint density at radius 3 is 1.75 bits per heavy atom. The van der Waals surface area contributed by atoms with Crippen molar-refractivity contribution in [2.75, 3.05) is 0 Å². The highest BCUT2D eigenvalue weighted by molar-refractivity contribution is 6.70. The van der Waals surface area contributed by atoms with E-state index in [9.17, 15) is 9.90 Å². The molecule has 0 saturated carbocycles. The highest BCUT2D eigenvalue weighted by Crippen LogP contribution is 2.47. The first kappa shape index (κ1) is 20.0. The molecular formula is C7H4Cl9NO3. The maximum absolute atomic E-state index is 12.1. The van der Waals surface area contributed by atoms with Crippen LogP contribution in [0, 0.1) is 0 Å². The maximum Gasteiger partial charge on any atom is 0.260 e. The SMILES string of the molecule is O=C1[C@H](C(Cl)(Cl)Cl)O[C@@H](C(Cl)(Cl)Cl)N1[C@H](O)C(Cl)(Cl)Cl. The van der Waals surface area contributed by atoms with E-state index in [0.29, 0.717) is 4.90 Å². The van der Waals surface area contributed by atoms with E-state index in [1.165, 1.54) is 0 Å². The highest BCUT2D eigenvalue weighted by atomic mass is 35.6. The molecule has 13 heteroatoms. The van der Waals surface area contributed by atoms with E-state index in [0.717, 1.165) is 0 Å². The summed E-state index contributed by atoms with van der Waals surface area (Å²) < 4.78 is -1.57. The van der Waals surface area contributed by atoms with E-state index in [4.69, 9.17) is 109 Å². The lowest BCUT2D eigenvalue weighted by Gasteiger charge is -2.34. The predicted octanol–water partition coefficient (Wildman–Crippen LogP) is 3.97. The van der Waals surface area contributed by atoms with Crippen LogP contribution in [0.25, 0.3) is 0 Å². The molecular weight excluding hydrogens is 465 g/mol. The number of carbonyl (C=O) groups excluding carboxylic acids is 1. The van der Waals surface area contributed by atoms with E-state index >= 15 is 0 Å². The molecule has 1 fully saturated rings. The number of alkyl halides is 9. The van der Waals surface area contributed by atoms with Crippen LogP contribution in [-0.2, 0) is 9.53 Å². The van der Waals surface area contributed by atoms with Gasteiger partial charge in [0.15, 0.2) is 18.6 Å². The lowest BCUT2D eigenvalue weighted by Crippen LogP contribution is -2.53. The Labute approximate surface area is 158 Å². The van der Waals surface area contributed by atoms with Crippen LogP contribution < -0.4 is 0 Å². The zero-order valence-corrected chi connectivity index (χ0v) is 15.6. The van der Waals surface area contributed by atoms with Crippen molar-refractivity contribution in [3.63, 3.8) is 0 Å². The number of nitrogens with zero attached hydrogens (tertiary/aromatic N) is 1. The third kappa shape index (κ3) is 4.51. The Hall–Kier alpha value is 2.00. The van der Waals surface area contributed by atoms with Gasteiger partial charge in [-0.25, -0.2) is 0 Å². The van der Waals surface area contributed by atoms with E-state index < -0.39 is 35.8 Å². The smallest absolute Gasteiger partial charge is 0.260 e. The van der Waals surface area contributed by atoms with Gasteiger partial charge in [-0.15, -0.1) is 0 Å². The molecule has 0 aromatic carbocycles. The lowest BCUT2D eigenvalue weighted by molar-refractivity contribution is -0.140. The Kier molecular flexibility index (Phi) is 6.50.